The number of hydrogen-bond acceptors (Lipinski definition) is 2. The summed E-state index contributed by atoms with van der Waals surface area (Å²) in [7, 11) is 1.51. The van der Waals surface area contributed by atoms with E-state index in [4.69, 9.17) is 9.59 Å². The van der Waals surface area contributed by atoms with Gasteiger partial charge in [0.2, 0.25) is 0 Å². The molecule has 0 saturated carbocycles. The molecule has 0 aromatic carbocycles. The minimum atomic E-state index is 0. The second-order valence-corrected chi connectivity index (χ2v) is 0.556. The molecule has 1 amide bonds. The third kappa shape index (κ3) is 243. The first-order valence-corrected chi connectivity index (χ1v) is 1.66. The van der Waals surface area contributed by atoms with Gasteiger partial charge in [0.05, 0.1) is 0 Å². The average molecular weight is 152 g/mol. The van der Waals surface area contributed by atoms with Crippen molar-refractivity contribution in [1.82, 2.24) is 5.32 Å². The van der Waals surface area contributed by atoms with E-state index in [1.54, 1.807) is 0 Å². The maximum atomic E-state index is 8.94. The first kappa shape index (κ1) is 15.6. The number of hydrogen-bond donors (Lipinski definition) is 1. The molecule has 3 nitrogen and oxygen atoms in total. The Morgan fingerprint density at radius 3 is 1.50 bits per heavy atom. The van der Waals surface area contributed by atoms with Gasteiger partial charge < -0.3 is 14.9 Å². The summed E-state index contributed by atoms with van der Waals surface area (Å²) in [5.74, 6) is 0. The van der Waals surface area contributed by atoms with E-state index >= 15 is 0 Å². The zero-order valence-electron chi connectivity index (χ0n) is 4.76. The zero-order valence-corrected chi connectivity index (χ0v) is 6.16. The topological polar surface area (TPSA) is 46.2 Å². The number of amides is 1. The summed E-state index contributed by atoms with van der Waals surface area (Å²) in [6.07, 6.45) is 2.93. The fourth-order valence-corrected chi connectivity index (χ4v) is 0. The minimum Gasteiger partial charge on any atom is -0.542 e. The molecule has 0 atom stereocenters. The molecule has 1 radical (unpaired) electrons. The van der Waals surface area contributed by atoms with Gasteiger partial charge in [0, 0.05) is 0 Å². The van der Waals surface area contributed by atoms with Gasteiger partial charge in [0.15, 0.2) is 0 Å². The molecular weight excluding hydrogens is 145 g/mol. The summed E-state index contributed by atoms with van der Waals surface area (Å²) in [5, 5.41) is 2.12. The van der Waals surface area contributed by atoms with E-state index < -0.39 is 0 Å². The van der Waals surface area contributed by atoms with Crippen LogP contribution in [0.5, 0.6) is 0 Å². The largest absolute Gasteiger partial charge is 2.00 e. The Labute approximate surface area is 60.7 Å². The van der Waals surface area contributed by atoms with Gasteiger partial charge in [-0.1, -0.05) is 0 Å². The second-order valence-electron chi connectivity index (χ2n) is 0.556. The van der Waals surface area contributed by atoms with Crippen molar-refractivity contribution in [2.45, 2.75) is 6.92 Å². The predicted molar refractivity (Wildman–Crippen MR) is 26.1 cm³/mol. The van der Waals surface area contributed by atoms with E-state index in [1.165, 1.54) is 26.7 Å². The fraction of sp³-hybridized carbons (Fsp3) is 0.500. The molecule has 0 aromatic rings. The summed E-state index contributed by atoms with van der Waals surface area (Å²) in [5.41, 5.74) is 0. The molecule has 8 heavy (non-hydrogen) atoms. The van der Waals surface area contributed by atoms with Gasteiger partial charge in [0.25, 0.3) is 0 Å². The van der Waals surface area contributed by atoms with Gasteiger partial charge in [-0.3, -0.25) is 6.29 Å². The minimum absolute atomic E-state index is 0. The molecular formula is C4H7NO2V. The van der Waals surface area contributed by atoms with Crippen LogP contribution in [-0.4, -0.2) is 19.7 Å². The van der Waals surface area contributed by atoms with Gasteiger partial charge in [-0.2, -0.15) is 13.3 Å². The molecule has 0 rings (SSSR count). The van der Waals surface area contributed by atoms with Crippen molar-refractivity contribution in [2.75, 3.05) is 7.05 Å². The van der Waals surface area contributed by atoms with Crippen molar-refractivity contribution >= 4 is 12.7 Å². The van der Waals surface area contributed by atoms with Crippen molar-refractivity contribution < 1.29 is 28.1 Å². The van der Waals surface area contributed by atoms with E-state index in [0.29, 0.717) is 0 Å². The first-order valence-electron chi connectivity index (χ1n) is 1.66. The Bertz CT molecular complexity index is 49.3. The van der Waals surface area contributed by atoms with Crippen LogP contribution >= 0.6 is 0 Å². The van der Waals surface area contributed by atoms with E-state index in [1.807, 2.05) is 0 Å². The molecule has 0 unspecified atom stereocenters. The van der Waals surface area contributed by atoms with Crippen LogP contribution in [0.1, 0.15) is 6.92 Å². The molecule has 0 saturated heterocycles. The van der Waals surface area contributed by atoms with Crippen molar-refractivity contribution in [1.29, 1.82) is 0 Å². The van der Waals surface area contributed by atoms with Crippen LogP contribution in [0.25, 0.3) is 0 Å². The number of rotatable bonds is 1. The van der Waals surface area contributed by atoms with Crippen molar-refractivity contribution in [2.24, 2.45) is 0 Å². The van der Waals surface area contributed by atoms with Gasteiger partial charge >= 0.3 is 18.6 Å². The molecule has 0 aromatic heterocycles. The summed E-state index contributed by atoms with van der Waals surface area (Å²) < 4.78 is 0. The van der Waals surface area contributed by atoms with E-state index in [9.17, 15) is 0 Å². The molecule has 0 spiro atoms. The fourth-order valence-electron chi connectivity index (χ4n) is 0. The Morgan fingerprint density at radius 1 is 1.38 bits per heavy atom. The molecule has 0 fully saturated rings. The third-order valence-electron chi connectivity index (χ3n) is 0.102. The standard InChI is InChI=1S/C2H4NO.C2H3O.V/c1-3-2-4;1-2-3;/h1H3,(H,3,4);1H3;/q2*-1;+2. The van der Waals surface area contributed by atoms with Gasteiger partial charge in [-0.05, 0) is 7.05 Å². The quantitative estimate of drug-likeness (QED) is 0.402. The summed E-state index contributed by atoms with van der Waals surface area (Å²) >= 11 is 0. The van der Waals surface area contributed by atoms with Crippen molar-refractivity contribution in [3.63, 3.8) is 0 Å². The molecule has 0 aliphatic heterocycles. The molecule has 0 aliphatic rings. The summed E-state index contributed by atoms with van der Waals surface area (Å²) in [6, 6.07) is 0. The smallest absolute Gasteiger partial charge is 0.542 e. The van der Waals surface area contributed by atoms with Crippen LogP contribution in [-0.2, 0) is 28.1 Å². The van der Waals surface area contributed by atoms with Crippen LogP contribution in [0.2, 0.25) is 0 Å². The zero-order chi connectivity index (χ0) is 6.12. The molecule has 1 N–H and O–H groups in total. The Morgan fingerprint density at radius 2 is 1.50 bits per heavy atom. The molecule has 0 aliphatic carbocycles. The van der Waals surface area contributed by atoms with E-state index in [-0.39, 0.29) is 18.6 Å². The van der Waals surface area contributed by atoms with Crippen LogP contribution < -0.4 is 5.32 Å². The Hall–Kier alpha value is -0.276. The molecule has 4 heteroatoms. The maximum absolute atomic E-state index is 8.94. The summed E-state index contributed by atoms with van der Waals surface area (Å²) in [6.45, 7) is 1.32. The average Bonchev–Trinajstić information content (AvgIpc) is 1.69. The first-order chi connectivity index (χ1) is 3.33. The van der Waals surface area contributed by atoms with E-state index in [2.05, 4.69) is 5.32 Å². The normalized spacial score (nSPS) is 4.25. The molecule has 0 bridgehead atoms. The van der Waals surface area contributed by atoms with Gasteiger partial charge in [-0.25, -0.2) is 0 Å². The molecule has 45 valence electrons. The molecule has 0 heterocycles. The van der Waals surface area contributed by atoms with Gasteiger partial charge in [0.1, 0.15) is 0 Å². The number of nitrogens with one attached hydrogen (secondary N) is 1. The number of carbonyl (C=O) groups excluding carboxylic acids is 2. The Kier molecular flexibility index (Phi) is 58.1. The van der Waals surface area contributed by atoms with E-state index in [0.717, 1.165) is 0 Å². The van der Waals surface area contributed by atoms with Crippen LogP contribution in [0, 0.1) is 0 Å². The SMILES string of the molecule is CN[C-]=O.C[C-]=O.[V+2]. The monoisotopic (exact) mass is 152 g/mol. The maximum Gasteiger partial charge on any atom is 2.00 e. The van der Waals surface area contributed by atoms with Crippen molar-refractivity contribution in [3.05, 3.63) is 0 Å². The van der Waals surface area contributed by atoms with Crippen LogP contribution in [0.15, 0.2) is 0 Å². The summed E-state index contributed by atoms with van der Waals surface area (Å²) in [4.78, 5) is 17.6. The third-order valence-corrected chi connectivity index (χ3v) is 0.102. The van der Waals surface area contributed by atoms with Crippen molar-refractivity contribution in [3.8, 4) is 0 Å². The van der Waals surface area contributed by atoms with Gasteiger partial charge in [-0.15, -0.1) is 0 Å². The van der Waals surface area contributed by atoms with Crippen LogP contribution in [0.3, 0.4) is 0 Å². The second kappa shape index (κ2) is 29.7. The predicted octanol–water partition coefficient (Wildman–Crippen LogP) is -0.614. The van der Waals surface area contributed by atoms with Crippen LogP contribution in [0.4, 0.5) is 0 Å². The Balaban J connectivity index is -0.0000000575.